The fourth-order valence-corrected chi connectivity index (χ4v) is 3.18. The van der Waals surface area contributed by atoms with Crippen molar-refractivity contribution >= 4 is 11.1 Å². The highest BCUT2D eigenvalue weighted by Gasteiger charge is 2.39. The summed E-state index contributed by atoms with van der Waals surface area (Å²) in [6, 6.07) is 6.34. The van der Waals surface area contributed by atoms with Crippen molar-refractivity contribution in [1.82, 2.24) is 4.98 Å². The predicted octanol–water partition coefficient (Wildman–Crippen LogP) is 3.90. The Morgan fingerprint density at radius 2 is 1.95 bits per heavy atom. The lowest BCUT2D eigenvalue weighted by molar-refractivity contribution is 0.344. The minimum absolute atomic E-state index is 0.0269. The highest BCUT2D eigenvalue weighted by atomic mass is 16.3. The highest BCUT2D eigenvalue weighted by molar-refractivity contribution is 5.74. The number of benzene rings is 1. The molecule has 1 saturated carbocycles. The zero-order valence-electron chi connectivity index (χ0n) is 12.7. The Labute approximate surface area is 120 Å². The summed E-state index contributed by atoms with van der Waals surface area (Å²) in [4.78, 5) is 4.77. The quantitative estimate of drug-likeness (QED) is 0.902. The van der Waals surface area contributed by atoms with Crippen LogP contribution in [0.25, 0.3) is 11.1 Å². The zero-order chi connectivity index (χ0) is 14.4. The Morgan fingerprint density at radius 3 is 2.55 bits per heavy atom. The highest BCUT2D eigenvalue weighted by Crippen LogP contribution is 2.41. The van der Waals surface area contributed by atoms with Crippen molar-refractivity contribution in [2.24, 2.45) is 5.73 Å². The summed E-state index contributed by atoms with van der Waals surface area (Å²) in [5.74, 6) is 0.846. The van der Waals surface area contributed by atoms with Crippen LogP contribution in [-0.4, -0.2) is 11.5 Å². The predicted molar refractivity (Wildman–Crippen MR) is 81.9 cm³/mol. The van der Waals surface area contributed by atoms with E-state index in [0.717, 1.165) is 29.8 Å². The van der Waals surface area contributed by atoms with Gasteiger partial charge in [-0.2, -0.15) is 0 Å². The molecule has 108 valence electrons. The van der Waals surface area contributed by atoms with Crippen LogP contribution in [0.15, 0.2) is 22.6 Å². The first-order chi connectivity index (χ1) is 9.44. The van der Waals surface area contributed by atoms with Crippen LogP contribution < -0.4 is 5.73 Å². The average Bonchev–Trinajstić information content (AvgIpc) is 3.04. The standard InChI is InChI=1S/C17H24N2O/c1-16(2,3)12-6-7-14-13(10-12)19-15(20-14)17(11-18)8-4-5-9-17/h6-7,10H,4-5,8-9,11,18H2,1-3H3. The normalized spacial score (nSPS) is 18.8. The van der Waals surface area contributed by atoms with Crippen molar-refractivity contribution in [3.8, 4) is 0 Å². The fraction of sp³-hybridized carbons (Fsp3) is 0.588. The van der Waals surface area contributed by atoms with Crippen molar-refractivity contribution < 1.29 is 4.42 Å². The molecule has 1 aromatic carbocycles. The van der Waals surface area contributed by atoms with Crippen LogP contribution in [0.3, 0.4) is 0 Å². The van der Waals surface area contributed by atoms with Gasteiger partial charge in [-0.1, -0.05) is 39.7 Å². The summed E-state index contributed by atoms with van der Waals surface area (Å²) in [5.41, 5.74) is 9.26. The molecule has 0 bridgehead atoms. The Hall–Kier alpha value is -1.35. The lowest BCUT2D eigenvalue weighted by Gasteiger charge is -2.22. The second-order valence-electron chi connectivity index (χ2n) is 7.14. The molecule has 1 fully saturated rings. The molecule has 0 aliphatic heterocycles. The van der Waals surface area contributed by atoms with Gasteiger partial charge in [0, 0.05) is 6.54 Å². The van der Waals surface area contributed by atoms with Gasteiger partial charge in [0.05, 0.1) is 5.41 Å². The number of fused-ring (bicyclic) bond motifs is 1. The molecular weight excluding hydrogens is 248 g/mol. The van der Waals surface area contributed by atoms with Crippen LogP contribution in [0.1, 0.15) is 57.9 Å². The largest absolute Gasteiger partial charge is 0.440 e. The van der Waals surface area contributed by atoms with Gasteiger partial charge in [0.15, 0.2) is 5.58 Å². The van der Waals surface area contributed by atoms with Gasteiger partial charge < -0.3 is 10.2 Å². The first kappa shape index (κ1) is 13.6. The lowest BCUT2D eigenvalue weighted by Crippen LogP contribution is -2.32. The van der Waals surface area contributed by atoms with Crippen molar-refractivity contribution in [3.63, 3.8) is 0 Å². The summed E-state index contributed by atoms with van der Waals surface area (Å²) in [6.07, 6.45) is 4.65. The van der Waals surface area contributed by atoms with Crippen LogP contribution in [0, 0.1) is 0 Å². The fourth-order valence-electron chi connectivity index (χ4n) is 3.18. The number of aromatic nitrogens is 1. The maximum absolute atomic E-state index is 6.02. The van der Waals surface area contributed by atoms with Gasteiger partial charge in [0.1, 0.15) is 5.52 Å². The van der Waals surface area contributed by atoms with Crippen molar-refractivity contribution in [2.45, 2.75) is 57.3 Å². The lowest BCUT2D eigenvalue weighted by atomic mass is 9.86. The van der Waals surface area contributed by atoms with Gasteiger partial charge in [-0.3, -0.25) is 0 Å². The molecule has 1 aromatic heterocycles. The number of nitrogens with two attached hydrogens (primary N) is 1. The summed E-state index contributed by atoms with van der Waals surface area (Å²) < 4.78 is 6.02. The molecular formula is C17H24N2O. The maximum Gasteiger partial charge on any atom is 0.202 e. The SMILES string of the molecule is CC(C)(C)c1ccc2oc(C3(CN)CCCC3)nc2c1. The Kier molecular flexibility index (Phi) is 3.13. The van der Waals surface area contributed by atoms with E-state index < -0.39 is 0 Å². The minimum Gasteiger partial charge on any atom is -0.440 e. The molecule has 0 unspecified atom stereocenters. The van der Waals surface area contributed by atoms with E-state index in [0.29, 0.717) is 6.54 Å². The van der Waals surface area contributed by atoms with Crippen LogP contribution in [0.5, 0.6) is 0 Å². The Morgan fingerprint density at radius 1 is 1.25 bits per heavy atom. The second kappa shape index (κ2) is 4.59. The van der Waals surface area contributed by atoms with Crippen LogP contribution in [0.2, 0.25) is 0 Å². The van der Waals surface area contributed by atoms with E-state index in [1.807, 2.05) is 6.07 Å². The molecule has 1 heterocycles. The Balaban J connectivity index is 2.07. The first-order valence-electron chi connectivity index (χ1n) is 7.56. The van der Waals surface area contributed by atoms with Crippen LogP contribution in [-0.2, 0) is 10.8 Å². The molecule has 3 rings (SSSR count). The van der Waals surface area contributed by atoms with Gasteiger partial charge in [-0.05, 0) is 36.0 Å². The zero-order valence-corrected chi connectivity index (χ0v) is 12.7. The third-order valence-electron chi connectivity index (χ3n) is 4.66. The summed E-state index contributed by atoms with van der Waals surface area (Å²) in [6.45, 7) is 7.28. The summed E-state index contributed by atoms with van der Waals surface area (Å²) in [5, 5.41) is 0. The third-order valence-corrected chi connectivity index (χ3v) is 4.66. The van der Waals surface area contributed by atoms with E-state index in [-0.39, 0.29) is 10.8 Å². The monoisotopic (exact) mass is 272 g/mol. The van der Waals surface area contributed by atoms with E-state index in [9.17, 15) is 0 Å². The van der Waals surface area contributed by atoms with Gasteiger partial charge in [-0.25, -0.2) is 4.98 Å². The van der Waals surface area contributed by atoms with E-state index in [2.05, 4.69) is 32.9 Å². The van der Waals surface area contributed by atoms with Crippen molar-refractivity contribution in [2.75, 3.05) is 6.54 Å². The van der Waals surface area contributed by atoms with Crippen LogP contribution in [0.4, 0.5) is 0 Å². The Bertz CT molecular complexity index is 615. The van der Waals surface area contributed by atoms with E-state index >= 15 is 0 Å². The molecule has 0 atom stereocenters. The molecule has 0 spiro atoms. The molecule has 1 aliphatic carbocycles. The second-order valence-corrected chi connectivity index (χ2v) is 7.14. The summed E-state index contributed by atoms with van der Waals surface area (Å²) in [7, 11) is 0. The molecule has 2 aromatic rings. The molecule has 1 aliphatic rings. The minimum atomic E-state index is -0.0269. The maximum atomic E-state index is 6.02. The molecule has 0 saturated heterocycles. The molecule has 0 amide bonds. The van der Waals surface area contributed by atoms with Gasteiger partial charge >= 0.3 is 0 Å². The van der Waals surface area contributed by atoms with Crippen LogP contribution >= 0.6 is 0 Å². The number of nitrogens with zero attached hydrogens (tertiary/aromatic N) is 1. The molecule has 3 heteroatoms. The molecule has 0 radical (unpaired) electrons. The van der Waals surface area contributed by atoms with Gasteiger partial charge in [-0.15, -0.1) is 0 Å². The van der Waals surface area contributed by atoms with E-state index in [1.165, 1.54) is 18.4 Å². The number of oxazole rings is 1. The third kappa shape index (κ3) is 2.14. The number of rotatable bonds is 2. The topological polar surface area (TPSA) is 52.0 Å². The molecule has 3 nitrogen and oxygen atoms in total. The smallest absolute Gasteiger partial charge is 0.202 e. The number of hydrogen-bond acceptors (Lipinski definition) is 3. The average molecular weight is 272 g/mol. The molecule has 20 heavy (non-hydrogen) atoms. The van der Waals surface area contributed by atoms with Crippen molar-refractivity contribution in [3.05, 3.63) is 29.7 Å². The van der Waals surface area contributed by atoms with Gasteiger partial charge in [0.25, 0.3) is 0 Å². The molecule has 2 N–H and O–H groups in total. The first-order valence-corrected chi connectivity index (χ1v) is 7.56. The summed E-state index contributed by atoms with van der Waals surface area (Å²) >= 11 is 0. The van der Waals surface area contributed by atoms with Gasteiger partial charge in [0.2, 0.25) is 5.89 Å². The van der Waals surface area contributed by atoms with E-state index in [1.54, 1.807) is 0 Å². The van der Waals surface area contributed by atoms with Crippen molar-refractivity contribution in [1.29, 1.82) is 0 Å². The van der Waals surface area contributed by atoms with E-state index in [4.69, 9.17) is 15.1 Å². The number of hydrogen-bond donors (Lipinski definition) is 1.